The van der Waals surface area contributed by atoms with Crippen molar-refractivity contribution >= 4 is 39.4 Å². The maximum Gasteiger partial charge on any atom is 0.235 e. The molecule has 0 spiro atoms. The minimum atomic E-state index is -0.0353. The fourth-order valence-electron chi connectivity index (χ4n) is 0.777. The van der Waals surface area contributed by atoms with Gasteiger partial charge in [-0.2, -0.15) is 11.8 Å². The van der Waals surface area contributed by atoms with E-state index in [2.05, 4.69) is 26.2 Å². The summed E-state index contributed by atoms with van der Waals surface area (Å²) in [7, 11) is 0. The Labute approximate surface area is 89.4 Å². The third-order valence-electron chi connectivity index (χ3n) is 1.29. The van der Waals surface area contributed by atoms with Crippen LogP contribution in [0.5, 0.6) is 0 Å². The molecule has 0 unspecified atom stereocenters. The molecule has 0 aliphatic rings. The molecule has 1 N–H and O–H groups in total. The van der Waals surface area contributed by atoms with Gasteiger partial charge in [-0.25, -0.2) is 4.98 Å². The largest absolute Gasteiger partial charge is 0.309 e. The lowest BCUT2D eigenvalue weighted by Gasteiger charge is -2.03. The van der Waals surface area contributed by atoms with Crippen LogP contribution in [-0.2, 0) is 4.79 Å². The molecule has 1 aromatic rings. The number of carbonyl (C=O) groups is 1. The van der Waals surface area contributed by atoms with E-state index in [0.29, 0.717) is 11.6 Å². The third-order valence-corrected chi connectivity index (χ3v) is 2.48. The first-order valence-electron chi connectivity index (χ1n) is 3.63. The molecule has 13 heavy (non-hydrogen) atoms. The lowest BCUT2D eigenvalue weighted by atomic mass is 10.4. The number of nitrogens with one attached hydrogen (secondary N) is 1. The minimum Gasteiger partial charge on any atom is -0.309 e. The van der Waals surface area contributed by atoms with Crippen LogP contribution in [0.25, 0.3) is 0 Å². The first kappa shape index (κ1) is 10.5. The van der Waals surface area contributed by atoms with Crippen molar-refractivity contribution in [2.75, 3.05) is 17.3 Å². The van der Waals surface area contributed by atoms with E-state index in [0.717, 1.165) is 4.47 Å². The molecule has 0 aromatic carbocycles. The minimum absolute atomic E-state index is 0.0353. The molecule has 5 heteroatoms. The molecule has 3 nitrogen and oxygen atoms in total. The number of halogens is 1. The summed E-state index contributed by atoms with van der Waals surface area (Å²) in [4.78, 5) is 15.2. The van der Waals surface area contributed by atoms with Gasteiger partial charge >= 0.3 is 0 Å². The van der Waals surface area contributed by atoms with Gasteiger partial charge < -0.3 is 5.32 Å². The second kappa shape index (κ2) is 5.24. The van der Waals surface area contributed by atoms with Crippen LogP contribution in [-0.4, -0.2) is 22.9 Å². The number of thioether (sulfide) groups is 1. The van der Waals surface area contributed by atoms with Gasteiger partial charge in [0.15, 0.2) is 0 Å². The molecule has 1 amide bonds. The van der Waals surface area contributed by atoms with E-state index in [-0.39, 0.29) is 5.91 Å². The highest BCUT2D eigenvalue weighted by molar-refractivity contribution is 9.10. The first-order chi connectivity index (χ1) is 6.24. The van der Waals surface area contributed by atoms with Crippen LogP contribution in [0.2, 0.25) is 0 Å². The number of hydrogen-bond donors (Lipinski definition) is 1. The van der Waals surface area contributed by atoms with Gasteiger partial charge in [0.25, 0.3) is 0 Å². The summed E-state index contributed by atoms with van der Waals surface area (Å²) in [6, 6.07) is 3.63. The van der Waals surface area contributed by atoms with Crippen LogP contribution in [0.15, 0.2) is 22.8 Å². The molecule has 0 aliphatic heterocycles. The van der Waals surface area contributed by atoms with Crippen molar-refractivity contribution in [3.05, 3.63) is 22.8 Å². The number of amides is 1. The van der Waals surface area contributed by atoms with E-state index >= 15 is 0 Å². The van der Waals surface area contributed by atoms with Gasteiger partial charge in [-0.15, -0.1) is 0 Å². The van der Waals surface area contributed by atoms with E-state index in [1.807, 2.05) is 12.3 Å². The van der Waals surface area contributed by atoms with Crippen molar-refractivity contribution < 1.29 is 4.79 Å². The average Bonchev–Trinajstić information content (AvgIpc) is 2.09. The topological polar surface area (TPSA) is 42.0 Å². The van der Waals surface area contributed by atoms with E-state index in [4.69, 9.17) is 0 Å². The van der Waals surface area contributed by atoms with Crippen LogP contribution < -0.4 is 5.32 Å². The van der Waals surface area contributed by atoms with Crippen molar-refractivity contribution in [3.8, 4) is 0 Å². The van der Waals surface area contributed by atoms with E-state index in [1.54, 1.807) is 12.3 Å². The van der Waals surface area contributed by atoms with Gasteiger partial charge in [0.2, 0.25) is 5.91 Å². The number of pyridine rings is 1. The van der Waals surface area contributed by atoms with E-state index in [9.17, 15) is 4.79 Å². The molecule has 0 fully saturated rings. The molecule has 1 rings (SSSR count). The standard InChI is InChI=1S/C8H9BrN2OS/c1-13-5-7(12)11-8-6(9)3-2-4-10-8/h2-4H,5H2,1H3,(H,10,11,12). The van der Waals surface area contributed by atoms with Crippen LogP contribution in [0.1, 0.15) is 0 Å². The zero-order valence-electron chi connectivity index (χ0n) is 7.08. The highest BCUT2D eigenvalue weighted by atomic mass is 79.9. The maximum absolute atomic E-state index is 11.2. The molecule has 0 aliphatic carbocycles. The highest BCUT2D eigenvalue weighted by Crippen LogP contribution is 2.18. The number of carbonyl (C=O) groups excluding carboxylic acids is 1. The molecule has 0 saturated heterocycles. The number of nitrogens with zero attached hydrogens (tertiary/aromatic N) is 1. The van der Waals surface area contributed by atoms with Crippen molar-refractivity contribution in [1.82, 2.24) is 4.98 Å². The summed E-state index contributed by atoms with van der Waals surface area (Å²) in [5.41, 5.74) is 0. The van der Waals surface area contributed by atoms with Gasteiger partial charge in [0.05, 0.1) is 10.2 Å². The van der Waals surface area contributed by atoms with Crippen LogP contribution in [0, 0.1) is 0 Å². The van der Waals surface area contributed by atoms with E-state index in [1.165, 1.54) is 11.8 Å². The third kappa shape index (κ3) is 3.36. The molecule has 1 aromatic heterocycles. The van der Waals surface area contributed by atoms with Gasteiger partial charge in [-0.1, -0.05) is 0 Å². The lowest BCUT2D eigenvalue weighted by molar-refractivity contribution is -0.113. The monoisotopic (exact) mass is 260 g/mol. The van der Waals surface area contributed by atoms with Gasteiger partial charge in [0, 0.05) is 6.20 Å². The highest BCUT2D eigenvalue weighted by Gasteiger charge is 2.04. The molecule has 0 radical (unpaired) electrons. The Morgan fingerprint density at radius 3 is 3.15 bits per heavy atom. The number of rotatable bonds is 3. The lowest BCUT2D eigenvalue weighted by Crippen LogP contribution is -2.14. The zero-order chi connectivity index (χ0) is 9.68. The smallest absolute Gasteiger partial charge is 0.235 e. The Morgan fingerprint density at radius 2 is 2.54 bits per heavy atom. The molecule has 0 bridgehead atoms. The van der Waals surface area contributed by atoms with Crippen LogP contribution in [0.4, 0.5) is 5.82 Å². The fraction of sp³-hybridized carbons (Fsp3) is 0.250. The predicted molar refractivity (Wildman–Crippen MR) is 58.9 cm³/mol. The van der Waals surface area contributed by atoms with Crippen LogP contribution in [0.3, 0.4) is 0 Å². The fourth-order valence-corrected chi connectivity index (χ4v) is 1.47. The Balaban J connectivity index is 2.63. The number of hydrogen-bond acceptors (Lipinski definition) is 3. The Bertz CT molecular complexity index is 306. The summed E-state index contributed by atoms with van der Waals surface area (Å²) >= 11 is 4.77. The summed E-state index contributed by atoms with van der Waals surface area (Å²) < 4.78 is 0.796. The molecular formula is C8H9BrN2OS. The van der Waals surface area contributed by atoms with Gasteiger partial charge in [0.1, 0.15) is 5.82 Å². The zero-order valence-corrected chi connectivity index (χ0v) is 9.48. The van der Waals surface area contributed by atoms with Crippen molar-refractivity contribution in [2.45, 2.75) is 0 Å². The van der Waals surface area contributed by atoms with Crippen molar-refractivity contribution in [3.63, 3.8) is 0 Å². The summed E-state index contributed by atoms with van der Waals surface area (Å²) in [5, 5.41) is 2.69. The second-order valence-electron chi connectivity index (χ2n) is 2.32. The predicted octanol–water partition coefficient (Wildman–Crippen LogP) is 2.15. The molecular weight excluding hydrogens is 252 g/mol. The van der Waals surface area contributed by atoms with Crippen molar-refractivity contribution in [2.24, 2.45) is 0 Å². The quantitative estimate of drug-likeness (QED) is 0.906. The number of aromatic nitrogens is 1. The Hall–Kier alpha value is -0.550. The molecule has 1 heterocycles. The first-order valence-corrected chi connectivity index (χ1v) is 5.82. The summed E-state index contributed by atoms with van der Waals surface area (Å²) in [6.45, 7) is 0. The molecule has 0 atom stereocenters. The maximum atomic E-state index is 11.2. The Morgan fingerprint density at radius 1 is 1.77 bits per heavy atom. The van der Waals surface area contributed by atoms with Crippen molar-refractivity contribution in [1.29, 1.82) is 0 Å². The average molecular weight is 261 g/mol. The Kier molecular flexibility index (Phi) is 4.24. The van der Waals surface area contributed by atoms with Gasteiger partial charge in [-0.05, 0) is 34.3 Å². The normalized spacial score (nSPS) is 9.69. The van der Waals surface area contributed by atoms with Gasteiger partial charge in [-0.3, -0.25) is 4.79 Å². The summed E-state index contributed by atoms with van der Waals surface area (Å²) in [6.07, 6.45) is 3.52. The van der Waals surface area contributed by atoms with Crippen LogP contribution >= 0.6 is 27.7 Å². The molecule has 70 valence electrons. The number of anilines is 1. The molecule has 0 saturated carbocycles. The summed E-state index contributed by atoms with van der Waals surface area (Å²) in [5.74, 6) is 0.983. The second-order valence-corrected chi connectivity index (χ2v) is 4.04. The van der Waals surface area contributed by atoms with E-state index < -0.39 is 0 Å². The SMILES string of the molecule is CSCC(=O)Nc1ncccc1Br.